The molecule has 4 heteroatoms. The molecule has 1 atom stereocenters. The molecule has 0 aliphatic rings. The molecule has 1 aromatic rings. The third-order valence-electron chi connectivity index (χ3n) is 2.59. The number of alkyl halides is 1. The Labute approximate surface area is 108 Å². The van der Waals surface area contributed by atoms with Crippen LogP contribution in [0.2, 0.25) is 0 Å². The lowest BCUT2D eigenvalue weighted by molar-refractivity contribution is -0.128. The number of halogens is 1. The van der Waals surface area contributed by atoms with Crippen LogP contribution in [-0.4, -0.2) is 22.8 Å². The Hall–Kier alpha value is -1.09. The van der Waals surface area contributed by atoms with Gasteiger partial charge in [-0.15, -0.1) is 11.6 Å². The van der Waals surface area contributed by atoms with Crippen molar-refractivity contribution in [2.75, 3.05) is 5.88 Å². The molecule has 0 fully saturated rings. The van der Waals surface area contributed by atoms with Crippen molar-refractivity contribution >= 4 is 17.5 Å². The van der Waals surface area contributed by atoms with Crippen LogP contribution in [0.3, 0.4) is 0 Å². The number of rotatable bonds is 5. The zero-order chi connectivity index (χ0) is 12.9. The van der Waals surface area contributed by atoms with Crippen LogP contribution in [0.5, 0.6) is 0 Å². The van der Waals surface area contributed by atoms with Gasteiger partial charge in [0.05, 0.1) is 5.41 Å². The fourth-order valence-electron chi connectivity index (χ4n) is 1.40. The summed E-state index contributed by atoms with van der Waals surface area (Å²) in [5, 5.41) is 2.97. The first-order valence-electron chi connectivity index (χ1n) is 5.71. The van der Waals surface area contributed by atoms with Crippen LogP contribution >= 0.6 is 11.6 Å². The van der Waals surface area contributed by atoms with Gasteiger partial charge < -0.3 is 5.32 Å². The molecular weight excluding hydrogens is 236 g/mol. The maximum Gasteiger partial charge on any atom is 0.227 e. The molecule has 1 aromatic heterocycles. The van der Waals surface area contributed by atoms with E-state index in [9.17, 15) is 4.79 Å². The minimum Gasteiger partial charge on any atom is -0.353 e. The van der Waals surface area contributed by atoms with Crippen molar-refractivity contribution in [1.29, 1.82) is 0 Å². The first kappa shape index (κ1) is 14.0. The molecule has 0 saturated carbocycles. The van der Waals surface area contributed by atoms with Crippen molar-refractivity contribution in [3.8, 4) is 0 Å². The Morgan fingerprint density at radius 1 is 1.59 bits per heavy atom. The molecule has 0 aromatic carbocycles. The summed E-state index contributed by atoms with van der Waals surface area (Å²) in [4.78, 5) is 15.9. The highest BCUT2D eigenvalue weighted by Crippen LogP contribution is 2.17. The Kier molecular flexibility index (Phi) is 4.94. The van der Waals surface area contributed by atoms with Gasteiger partial charge in [-0.1, -0.05) is 6.07 Å². The van der Waals surface area contributed by atoms with Gasteiger partial charge in [0, 0.05) is 24.3 Å². The van der Waals surface area contributed by atoms with Crippen LogP contribution in [-0.2, 0) is 11.2 Å². The Morgan fingerprint density at radius 2 is 2.29 bits per heavy atom. The van der Waals surface area contributed by atoms with E-state index in [1.807, 2.05) is 39.1 Å². The SMILES string of the molecule is CC(Cc1cccnc1)NC(=O)C(C)(C)CCl. The van der Waals surface area contributed by atoms with Gasteiger partial charge in [-0.05, 0) is 38.8 Å². The predicted molar refractivity (Wildman–Crippen MR) is 70.0 cm³/mol. The Morgan fingerprint density at radius 3 is 2.82 bits per heavy atom. The average molecular weight is 255 g/mol. The summed E-state index contributed by atoms with van der Waals surface area (Å²) in [7, 11) is 0. The fourth-order valence-corrected chi connectivity index (χ4v) is 1.52. The second-order valence-electron chi connectivity index (χ2n) is 4.96. The summed E-state index contributed by atoms with van der Waals surface area (Å²) in [5.74, 6) is 0.308. The molecule has 0 aliphatic heterocycles. The van der Waals surface area contributed by atoms with Crippen molar-refractivity contribution < 1.29 is 4.79 Å². The Bertz CT molecular complexity index is 365. The standard InChI is InChI=1S/C13H19ClN2O/c1-10(7-11-5-4-6-15-8-11)16-12(17)13(2,3)9-14/h4-6,8,10H,7,9H2,1-3H3,(H,16,17). The van der Waals surface area contributed by atoms with Gasteiger partial charge in [0.15, 0.2) is 0 Å². The van der Waals surface area contributed by atoms with Gasteiger partial charge in [0.25, 0.3) is 0 Å². The molecule has 0 spiro atoms. The summed E-state index contributed by atoms with van der Waals surface area (Å²) in [6, 6.07) is 3.98. The molecule has 17 heavy (non-hydrogen) atoms. The van der Waals surface area contributed by atoms with Crippen LogP contribution in [0, 0.1) is 5.41 Å². The highest BCUT2D eigenvalue weighted by atomic mass is 35.5. The molecular formula is C13H19ClN2O. The van der Waals surface area contributed by atoms with Crippen molar-refractivity contribution in [3.05, 3.63) is 30.1 Å². The number of nitrogens with zero attached hydrogens (tertiary/aromatic N) is 1. The first-order valence-corrected chi connectivity index (χ1v) is 6.25. The normalized spacial score (nSPS) is 13.2. The molecule has 3 nitrogen and oxygen atoms in total. The average Bonchev–Trinajstić information content (AvgIpc) is 2.30. The van der Waals surface area contributed by atoms with Crippen LogP contribution in [0.15, 0.2) is 24.5 Å². The smallest absolute Gasteiger partial charge is 0.227 e. The van der Waals surface area contributed by atoms with Crippen molar-refractivity contribution in [3.63, 3.8) is 0 Å². The van der Waals surface area contributed by atoms with E-state index in [-0.39, 0.29) is 11.9 Å². The van der Waals surface area contributed by atoms with E-state index in [0.29, 0.717) is 5.88 Å². The number of amides is 1. The van der Waals surface area contributed by atoms with Crippen LogP contribution in [0.1, 0.15) is 26.3 Å². The first-order chi connectivity index (χ1) is 7.95. The lowest BCUT2D eigenvalue weighted by Crippen LogP contribution is -2.43. The predicted octanol–water partition coefficient (Wildman–Crippen LogP) is 2.39. The molecule has 1 rings (SSSR count). The zero-order valence-electron chi connectivity index (χ0n) is 10.5. The number of hydrogen-bond acceptors (Lipinski definition) is 2. The third-order valence-corrected chi connectivity index (χ3v) is 3.26. The third kappa shape index (κ3) is 4.35. The lowest BCUT2D eigenvalue weighted by Gasteiger charge is -2.23. The highest BCUT2D eigenvalue weighted by molar-refractivity contribution is 6.19. The number of pyridine rings is 1. The van der Waals surface area contributed by atoms with Crippen molar-refractivity contribution in [2.45, 2.75) is 33.2 Å². The summed E-state index contributed by atoms with van der Waals surface area (Å²) in [5.41, 5.74) is 0.592. The monoisotopic (exact) mass is 254 g/mol. The van der Waals surface area contributed by atoms with Gasteiger partial charge in [-0.25, -0.2) is 0 Å². The van der Waals surface area contributed by atoms with Crippen molar-refractivity contribution in [2.24, 2.45) is 5.41 Å². The van der Waals surface area contributed by atoms with E-state index in [4.69, 9.17) is 11.6 Å². The van der Waals surface area contributed by atoms with Gasteiger partial charge in [0.1, 0.15) is 0 Å². The number of carbonyl (C=O) groups excluding carboxylic acids is 1. The van der Waals surface area contributed by atoms with E-state index < -0.39 is 5.41 Å². The molecule has 0 radical (unpaired) electrons. The number of nitrogens with one attached hydrogen (secondary N) is 1. The number of aromatic nitrogens is 1. The number of hydrogen-bond donors (Lipinski definition) is 1. The van der Waals surface area contributed by atoms with E-state index >= 15 is 0 Å². The maximum atomic E-state index is 11.9. The number of carbonyl (C=O) groups is 1. The molecule has 1 unspecified atom stereocenters. The summed E-state index contributed by atoms with van der Waals surface area (Å²) in [6.07, 6.45) is 4.33. The molecule has 0 bridgehead atoms. The topological polar surface area (TPSA) is 42.0 Å². The van der Waals surface area contributed by atoms with Crippen LogP contribution < -0.4 is 5.32 Å². The lowest BCUT2D eigenvalue weighted by atomic mass is 9.94. The molecule has 1 heterocycles. The highest BCUT2D eigenvalue weighted by Gasteiger charge is 2.27. The van der Waals surface area contributed by atoms with Crippen LogP contribution in [0.25, 0.3) is 0 Å². The van der Waals surface area contributed by atoms with Gasteiger partial charge in [-0.2, -0.15) is 0 Å². The van der Waals surface area contributed by atoms with Gasteiger partial charge in [-0.3, -0.25) is 9.78 Å². The molecule has 0 aliphatic carbocycles. The van der Waals surface area contributed by atoms with E-state index in [2.05, 4.69) is 10.3 Å². The second-order valence-corrected chi connectivity index (χ2v) is 5.22. The minimum atomic E-state index is -0.523. The molecule has 94 valence electrons. The molecule has 0 saturated heterocycles. The van der Waals surface area contributed by atoms with Gasteiger partial charge in [0.2, 0.25) is 5.91 Å². The largest absolute Gasteiger partial charge is 0.353 e. The maximum absolute atomic E-state index is 11.9. The molecule has 1 N–H and O–H groups in total. The van der Waals surface area contributed by atoms with Gasteiger partial charge >= 0.3 is 0 Å². The zero-order valence-corrected chi connectivity index (χ0v) is 11.3. The van der Waals surface area contributed by atoms with E-state index in [1.54, 1.807) is 6.20 Å². The quantitative estimate of drug-likeness (QED) is 0.820. The molecule has 1 amide bonds. The fraction of sp³-hybridized carbons (Fsp3) is 0.538. The van der Waals surface area contributed by atoms with Crippen LogP contribution in [0.4, 0.5) is 0 Å². The summed E-state index contributed by atoms with van der Waals surface area (Å²) in [6.45, 7) is 5.66. The van der Waals surface area contributed by atoms with E-state index in [0.717, 1.165) is 12.0 Å². The minimum absolute atomic E-state index is 0.0103. The second kappa shape index (κ2) is 6.01. The summed E-state index contributed by atoms with van der Waals surface area (Å²) >= 11 is 5.76. The van der Waals surface area contributed by atoms with Crippen molar-refractivity contribution in [1.82, 2.24) is 10.3 Å². The Balaban J connectivity index is 2.51. The summed E-state index contributed by atoms with van der Waals surface area (Å²) < 4.78 is 0. The van der Waals surface area contributed by atoms with E-state index in [1.165, 1.54) is 0 Å².